The van der Waals surface area contributed by atoms with Crippen molar-refractivity contribution in [1.82, 2.24) is 4.31 Å². The third-order valence-electron chi connectivity index (χ3n) is 4.38. The average Bonchev–Trinajstić information content (AvgIpc) is 2.78. The maximum atomic E-state index is 12.6. The number of nitrogens with zero attached hydrogens (tertiary/aromatic N) is 1. The van der Waals surface area contributed by atoms with Gasteiger partial charge in [0.25, 0.3) is 5.91 Å². The van der Waals surface area contributed by atoms with Crippen molar-refractivity contribution in [3.8, 4) is 5.75 Å². The van der Waals surface area contributed by atoms with Gasteiger partial charge in [-0.15, -0.1) is 0 Å². The van der Waals surface area contributed by atoms with Crippen LogP contribution < -0.4 is 10.1 Å². The maximum absolute atomic E-state index is 12.6. The lowest BCUT2D eigenvalue weighted by Gasteiger charge is -2.26. The van der Waals surface area contributed by atoms with Crippen molar-refractivity contribution < 1.29 is 41.0 Å². The number of anilines is 1. The molecule has 2 aromatic carbocycles. The van der Waals surface area contributed by atoms with Crippen LogP contribution in [0.5, 0.6) is 5.75 Å². The molecule has 1 aliphatic rings. The second-order valence-corrected chi connectivity index (χ2v) is 8.51. The van der Waals surface area contributed by atoms with Crippen LogP contribution >= 0.6 is 0 Å². The fourth-order valence-corrected chi connectivity index (χ4v) is 4.26. The predicted molar refractivity (Wildman–Crippen MR) is 108 cm³/mol. The summed E-state index contributed by atoms with van der Waals surface area (Å²) < 4.78 is 65.3. The Morgan fingerprint density at radius 3 is 2.44 bits per heavy atom. The number of amides is 1. The van der Waals surface area contributed by atoms with Gasteiger partial charge in [0.1, 0.15) is 5.75 Å². The molecule has 1 fully saturated rings. The smallest absolute Gasteiger partial charge is 0.387 e. The van der Waals surface area contributed by atoms with E-state index in [-0.39, 0.29) is 29.3 Å². The van der Waals surface area contributed by atoms with Crippen molar-refractivity contribution in [2.24, 2.45) is 0 Å². The molecule has 2 aromatic rings. The first kappa shape index (κ1) is 23.6. The topological polar surface area (TPSA) is 111 Å². The van der Waals surface area contributed by atoms with Crippen LogP contribution in [0.1, 0.15) is 10.4 Å². The van der Waals surface area contributed by atoms with Gasteiger partial charge < -0.3 is 19.5 Å². The Morgan fingerprint density at radius 1 is 1.09 bits per heavy atom. The molecule has 0 spiro atoms. The van der Waals surface area contributed by atoms with E-state index in [1.165, 1.54) is 46.8 Å². The van der Waals surface area contributed by atoms with Crippen molar-refractivity contribution in [3.05, 3.63) is 54.1 Å². The number of rotatable bonds is 8. The Labute approximate surface area is 182 Å². The van der Waals surface area contributed by atoms with E-state index >= 15 is 0 Å². The van der Waals surface area contributed by atoms with E-state index in [4.69, 9.17) is 9.47 Å². The first-order valence-corrected chi connectivity index (χ1v) is 10.9. The van der Waals surface area contributed by atoms with E-state index in [9.17, 15) is 26.8 Å². The van der Waals surface area contributed by atoms with Crippen LogP contribution in [-0.2, 0) is 24.3 Å². The Kier molecular flexibility index (Phi) is 7.72. The molecule has 0 saturated carbocycles. The molecule has 12 heteroatoms. The lowest BCUT2D eigenvalue weighted by Crippen LogP contribution is -2.40. The Hall–Kier alpha value is -3.09. The second-order valence-electron chi connectivity index (χ2n) is 6.57. The first-order chi connectivity index (χ1) is 15.3. The largest absolute Gasteiger partial charge is 0.452 e. The summed E-state index contributed by atoms with van der Waals surface area (Å²) in [5, 5.41) is 2.48. The van der Waals surface area contributed by atoms with Gasteiger partial charge >= 0.3 is 12.6 Å². The summed E-state index contributed by atoms with van der Waals surface area (Å²) in [4.78, 5) is 24.1. The molecule has 1 heterocycles. The van der Waals surface area contributed by atoms with E-state index in [0.29, 0.717) is 18.9 Å². The Balaban J connectivity index is 1.53. The minimum atomic E-state index is -3.66. The number of benzene rings is 2. The third kappa shape index (κ3) is 6.22. The molecule has 172 valence electrons. The zero-order chi connectivity index (χ0) is 23.1. The molecule has 32 heavy (non-hydrogen) atoms. The van der Waals surface area contributed by atoms with Gasteiger partial charge in [0.15, 0.2) is 6.61 Å². The molecular weight excluding hydrogens is 450 g/mol. The first-order valence-electron chi connectivity index (χ1n) is 9.45. The SMILES string of the molecule is O=C(COC(=O)c1cccc(OC(F)F)c1)Nc1ccc(S(=O)(=O)N2CCOCC2)cc1. The maximum Gasteiger partial charge on any atom is 0.387 e. The quantitative estimate of drug-likeness (QED) is 0.588. The fraction of sp³-hybridized carbons (Fsp3) is 0.300. The summed E-state index contributed by atoms with van der Waals surface area (Å²) >= 11 is 0. The molecule has 1 aliphatic heterocycles. The highest BCUT2D eigenvalue weighted by Gasteiger charge is 2.26. The van der Waals surface area contributed by atoms with Crippen LogP contribution in [0, 0.1) is 0 Å². The van der Waals surface area contributed by atoms with E-state index in [2.05, 4.69) is 10.1 Å². The van der Waals surface area contributed by atoms with Gasteiger partial charge in [-0.1, -0.05) is 6.07 Å². The molecule has 3 rings (SSSR count). The molecule has 0 bridgehead atoms. The number of sulfonamides is 1. The van der Waals surface area contributed by atoms with Crippen LogP contribution in [0.4, 0.5) is 14.5 Å². The number of hydrogen-bond acceptors (Lipinski definition) is 7. The number of morpholine rings is 1. The zero-order valence-corrected chi connectivity index (χ0v) is 17.5. The summed E-state index contributed by atoms with van der Waals surface area (Å²) in [6, 6.07) is 10.5. The highest BCUT2D eigenvalue weighted by molar-refractivity contribution is 7.89. The van der Waals surface area contributed by atoms with Gasteiger partial charge in [-0.3, -0.25) is 4.79 Å². The summed E-state index contributed by atoms with van der Waals surface area (Å²) in [6.45, 7) is -2.48. The van der Waals surface area contributed by atoms with Gasteiger partial charge in [0.05, 0.1) is 23.7 Å². The summed E-state index contributed by atoms with van der Waals surface area (Å²) in [6.07, 6.45) is 0. The summed E-state index contributed by atoms with van der Waals surface area (Å²) in [5.41, 5.74) is 0.243. The minimum Gasteiger partial charge on any atom is -0.452 e. The van der Waals surface area contributed by atoms with Gasteiger partial charge in [0.2, 0.25) is 10.0 Å². The van der Waals surface area contributed by atoms with E-state index < -0.39 is 35.1 Å². The zero-order valence-electron chi connectivity index (χ0n) is 16.7. The molecular formula is C20H20F2N2O7S. The normalized spacial score (nSPS) is 14.7. The molecule has 0 unspecified atom stereocenters. The number of nitrogens with one attached hydrogen (secondary N) is 1. The molecule has 0 radical (unpaired) electrons. The minimum absolute atomic E-state index is 0.0615. The van der Waals surface area contributed by atoms with E-state index in [0.717, 1.165) is 6.07 Å². The summed E-state index contributed by atoms with van der Waals surface area (Å²) in [7, 11) is -3.66. The van der Waals surface area contributed by atoms with Crippen LogP contribution in [0.2, 0.25) is 0 Å². The lowest BCUT2D eigenvalue weighted by atomic mass is 10.2. The number of halogens is 2. The second kappa shape index (κ2) is 10.5. The highest BCUT2D eigenvalue weighted by atomic mass is 32.2. The Morgan fingerprint density at radius 2 is 1.78 bits per heavy atom. The molecule has 0 aromatic heterocycles. The van der Waals surface area contributed by atoms with Crippen LogP contribution in [0.3, 0.4) is 0 Å². The molecule has 1 N–H and O–H groups in total. The fourth-order valence-electron chi connectivity index (χ4n) is 2.86. The van der Waals surface area contributed by atoms with Gasteiger partial charge in [-0.05, 0) is 42.5 Å². The van der Waals surface area contributed by atoms with Gasteiger partial charge in [-0.2, -0.15) is 13.1 Å². The molecule has 1 saturated heterocycles. The number of ether oxygens (including phenoxy) is 3. The van der Waals surface area contributed by atoms with Crippen molar-refractivity contribution in [1.29, 1.82) is 0 Å². The van der Waals surface area contributed by atoms with Crippen LogP contribution in [0.15, 0.2) is 53.4 Å². The number of carbonyl (C=O) groups excluding carboxylic acids is 2. The average molecular weight is 470 g/mol. The number of carbonyl (C=O) groups is 2. The highest BCUT2D eigenvalue weighted by Crippen LogP contribution is 2.20. The molecule has 1 amide bonds. The number of esters is 1. The Bertz CT molecular complexity index is 1060. The monoisotopic (exact) mass is 470 g/mol. The van der Waals surface area contributed by atoms with Crippen molar-refractivity contribution in [2.75, 3.05) is 38.2 Å². The van der Waals surface area contributed by atoms with E-state index in [1.54, 1.807) is 0 Å². The molecule has 9 nitrogen and oxygen atoms in total. The summed E-state index contributed by atoms with van der Waals surface area (Å²) in [5.74, 6) is -1.78. The third-order valence-corrected chi connectivity index (χ3v) is 6.29. The van der Waals surface area contributed by atoms with E-state index in [1.807, 2.05) is 0 Å². The molecule has 0 aliphatic carbocycles. The van der Waals surface area contributed by atoms with Crippen molar-refractivity contribution in [2.45, 2.75) is 11.5 Å². The lowest BCUT2D eigenvalue weighted by molar-refractivity contribution is -0.119. The van der Waals surface area contributed by atoms with Gasteiger partial charge in [0, 0.05) is 18.8 Å². The molecule has 0 atom stereocenters. The van der Waals surface area contributed by atoms with Crippen molar-refractivity contribution >= 4 is 27.6 Å². The van der Waals surface area contributed by atoms with Crippen LogP contribution in [0.25, 0.3) is 0 Å². The predicted octanol–water partition coefficient (Wildman–Crippen LogP) is 2.10. The number of hydrogen-bond donors (Lipinski definition) is 1. The van der Waals surface area contributed by atoms with Crippen LogP contribution in [-0.4, -0.2) is 64.1 Å². The number of alkyl halides is 2. The standard InChI is InChI=1S/C20H20F2N2O7S/c21-20(22)31-16-3-1-2-14(12-16)19(26)30-13-18(25)23-15-4-6-17(7-5-15)32(27,28)24-8-10-29-11-9-24/h1-7,12,20H,8-11,13H2,(H,23,25). The van der Waals surface area contributed by atoms with Gasteiger partial charge in [-0.25, -0.2) is 13.2 Å². The van der Waals surface area contributed by atoms with Crippen molar-refractivity contribution in [3.63, 3.8) is 0 Å².